The summed E-state index contributed by atoms with van der Waals surface area (Å²) in [6.45, 7) is 1.71. The quantitative estimate of drug-likeness (QED) is 0.941. The molecule has 2 rings (SSSR count). The summed E-state index contributed by atoms with van der Waals surface area (Å²) in [6, 6.07) is 4.28. The van der Waals surface area contributed by atoms with Crippen molar-refractivity contribution in [3.05, 3.63) is 41.2 Å². The van der Waals surface area contributed by atoms with Crippen molar-refractivity contribution in [1.29, 1.82) is 0 Å². The van der Waals surface area contributed by atoms with Gasteiger partial charge < -0.3 is 5.11 Å². The fraction of sp³-hybridized carbons (Fsp3) is 0.250. The number of rotatable bonds is 3. The van der Waals surface area contributed by atoms with Gasteiger partial charge in [0, 0.05) is 0 Å². The maximum atomic E-state index is 12.5. The van der Waals surface area contributed by atoms with Gasteiger partial charge in [-0.05, 0) is 30.7 Å². The van der Waals surface area contributed by atoms with E-state index in [-0.39, 0.29) is 5.69 Å². The van der Waals surface area contributed by atoms with Crippen LogP contribution >= 0.6 is 0 Å². The Hall–Kier alpha value is -2.38. The van der Waals surface area contributed by atoms with Gasteiger partial charge in [-0.1, -0.05) is 12.1 Å². The van der Waals surface area contributed by atoms with Crippen molar-refractivity contribution in [3.63, 3.8) is 0 Å². The van der Waals surface area contributed by atoms with Crippen LogP contribution in [0.2, 0.25) is 0 Å². The Morgan fingerprint density at radius 1 is 1.30 bits per heavy atom. The van der Waals surface area contributed by atoms with Gasteiger partial charge in [0.2, 0.25) is 0 Å². The molecule has 0 fully saturated rings. The predicted molar refractivity (Wildman–Crippen MR) is 62.7 cm³/mol. The van der Waals surface area contributed by atoms with E-state index in [4.69, 9.17) is 5.11 Å². The first-order valence-corrected chi connectivity index (χ1v) is 5.70. The predicted octanol–water partition coefficient (Wildman–Crippen LogP) is 2.55. The molecule has 0 saturated carbocycles. The molecule has 0 aliphatic rings. The molecular weight excluding hydrogens is 275 g/mol. The van der Waals surface area contributed by atoms with Crippen molar-refractivity contribution in [1.82, 2.24) is 15.0 Å². The summed E-state index contributed by atoms with van der Waals surface area (Å²) in [7, 11) is 0. The Morgan fingerprint density at radius 3 is 2.35 bits per heavy atom. The standard InChI is InChI=1S/C12H10F3N3O2/c1-2-9-10(11(19)20)16-17-18(9)8-5-3-7(4-6-8)12(13,14)15/h3-6H,2H2,1H3,(H,19,20). The lowest BCUT2D eigenvalue weighted by Gasteiger charge is -2.08. The molecule has 0 unspecified atom stereocenters. The van der Waals surface area contributed by atoms with E-state index in [2.05, 4.69) is 10.3 Å². The van der Waals surface area contributed by atoms with Gasteiger partial charge in [0.25, 0.3) is 0 Å². The molecule has 0 bridgehead atoms. The van der Waals surface area contributed by atoms with E-state index in [0.29, 0.717) is 17.8 Å². The highest BCUT2D eigenvalue weighted by Crippen LogP contribution is 2.29. The first kappa shape index (κ1) is 14.0. The molecule has 5 nitrogen and oxygen atoms in total. The molecule has 0 aliphatic heterocycles. The van der Waals surface area contributed by atoms with E-state index >= 15 is 0 Å². The number of aromatic carboxylic acids is 1. The lowest BCUT2D eigenvalue weighted by atomic mass is 10.2. The van der Waals surface area contributed by atoms with Crippen LogP contribution < -0.4 is 0 Å². The zero-order valence-electron chi connectivity index (χ0n) is 10.3. The van der Waals surface area contributed by atoms with Crippen LogP contribution in [-0.2, 0) is 12.6 Å². The summed E-state index contributed by atoms with van der Waals surface area (Å²) in [5.74, 6) is -1.22. The Morgan fingerprint density at radius 2 is 1.90 bits per heavy atom. The average Bonchev–Trinajstić information content (AvgIpc) is 2.81. The van der Waals surface area contributed by atoms with Crippen LogP contribution in [0, 0.1) is 0 Å². The lowest BCUT2D eigenvalue weighted by Crippen LogP contribution is -2.07. The normalized spacial score (nSPS) is 11.6. The van der Waals surface area contributed by atoms with Gasteiger partial charge in [0.1, 0.15) is 0 Å². The number of hydrogen-bond acceptors (Lipinski definition) is 3. The highest BCUT2D eigenvalue weighted by atomic mass is 19.4. The maximum absolute atomic E-state index is 12.5. The monoisotopic (exact) mass is 285 g/mol. The first-order valence-electron chi connectivity index (χ1n) is 5.70. The average molecular weight is 285 g/mol. The summed E-state index contributed by atoms with van der Waals surface area (Å²) >= 11 is 0. The molecule has 0 saturated heterocycles. The number of halogens is 3. The number of aromatic nitrogens is 3. The van der Waals surface area contributed by atoms with Crippen molar-refractivity contribution >= 4 is 5.97 Å². The molecular formula is C12H10F3N3O2. The van der Waals surface area contributed by atoms with Gasteiger partial charge in [-0.2, -0.15) is 13.2 Å². The number of carbonyl (C=O) groups is 1. The van der Waals surface area contributed by atoms with E-state index in [1.54, 1.807) is 6.92 Å². The number of hydrogen-bond donors (Lipinski definition) is 1. The zero-order valence-corrected chi connectivity index (χ0v) is 10.3. The van der Waals surface area contributed by atoms with Gasteiger partial charge in [0.05, 0.1) is 16.9 Å². The topological polar surface area (TPSA) is 68.0 Å². The number of carboxylic acids is 1. The molecule has 20 heavy (non-hydrogen) atoms. The zero-order chi connectivity index (χ0) is 14.9. The van der Waals surface area contributed by atoms with Crippen molar-refractivity contribution in [3.8, 4) is 5.69 Å². The number of benzene rings is 1. The molecule has 1 aromatic carbocycles. The Kier molecular flexibility index (Phi) is 3.47. The van der Waals surface area contributed by atoms with E-state index in [0.717, 1.165) is 12.1 Å². The van der Waals surface area contributed by atoms with Gasteiger partial charge in [-0.15, -0.1) is 5.10 Å². The minimum atomic E-state index is -4.42. The molecule has 2 aromatic rings. The van der Waals surface area contributed by atoms with Gasteiger partial charge >= 0.3 is 12.1 Å². The fourth-order valence-corrected chi connectivity index (χ4v) is 1.78. The van der Waals surface area contributed by atoms with Crippen LogP contribution in [-0.4, -0.2) is 26.1 Å². The minimum Gasteiger partial charge on any atom is -0.476 e. The maximum Gasteiger partial charge on any atom is 0.416 e. The minimum absolute atomic E-state index is 0.201. The van der Waals surface area contributed by atoms with Crippen LogP contribution in [0.5, 0.6) is 0 Å². The molecule has 0 spiro atoms. The Labute approximate surface area is 111 Å². The third kappa shape index (κ3) is 2.49. The van der Waals surface area contributed by atoms with E-state index in [1.807, 2.05) is 0 Å². The van der Waals surface area contributed by atoms with Gasteiger partial charge in [-0.25, -0.2) is 9.48 Å². The molecule has 106 valence electrons. The summed E-state index contributed by atoms with van der Waals surface area (Å²) in [5, 5.41) is 16.1. The Bertz CT molecular complexity index is 632. The largest absolute Gasteiger partial charge is 0.476 e. The highest BCUT2D eigenvalue weighted by Gasteiger charge is 2.30. The second-order valence-corrected chi connectivity index (χ2v) is 4.00. The second-order valence-electron chi connectivity index (χ2n) is 4.00. The van der Waals surface area contributed by atoms with Crippen LogP contribution in [0.1, 0.15) is 28.7 Å². The van der Waals surface area contributed by atoms with Crippen LogP contribution in [0.15, 0.2) is 24.3 Å². The lowest BCUT2D eigenvalue weighted by molar-refractivity contribution is -0.137. The second kappa shape index (κ2) is 4.95. The molecule has 0 atom stereocenters. The van der Waals surface area contributed by atoms with Crippen molar-refractivity contribution < 1.29 is 23.1 Å². The van der Waals surface area contributed by atoms with E-state index < -0.39 is 17.7 Å². The van der Waals surface area contributed by atoms with Crippen LogP contribution in [0.4, 0.5) is 13.2 Å². The van der Waals surface area contributed by atoms with Crippen molar-refractivity contribution in [2.75, 3.05) is 0 Å². The SMILES string of the molecule is CCc1c(C(=O)O)nnn1-c1ccc(C(F)(F)F)cc1. The third-order valence-corrected chi connectivity index (χ3v) is 2.74. The highest BCUT2D eigenvalue weighted by molar-refractivity contribution is 5.86. The smallest absolute Gasteiger partial charge is 0.416 e. The van der Waals surface area contributed by atoms with E-state index in [1.165, 1.54) is 16.8 Å². The summed E-state index contributed by atoms with van der Waals surface area (Å²) < 4.78 is 38.6. The molecule has 1 aromatic heterocycles. The van der Waals surface area contributed by atoms with Gasteiger partial charge in [-0.3, -0.25) is 0 Å². The molecule has 0 amide bonds. The number of carboxylic acid groups (broad SMARTS) is 1. The van der Waals surface area contributed by atoms with Gasteiger partial charge in [0.15, 0.2) is 5.69 Å². The van der Waals surface area contributed by atoms with Crippen LogP contribution in [0.3, 0.4) is 0 Å². The van der Waals surface area contributed by atoms with Crippen LogP contribution in [0.25, 0.3) is 5.69 Å². The van der Waals surface area contributed by atoms with E-state index in [9.17, 15) is 18.0 Å². The molecule has 0 radical (unpaired) electrons. The molecule has 8 heteroatoms. The molecule has 1 N–H and O–H groups in total. The third-order valence-electron chi connectivity index (χ3n) is 2.74. The molecule has 1 heterocycles. The first-order chi connectivity index (χ1) is 9.34. The van der Waals surface area contributed by atoms with Crippen molar-refractivity contribution in [2.24, 2.45) is 0 Å². The number of alkyl halides is 3. The number of nitrogens with zero attached hydrogens (tertiary/aromatic N) is 3. The molecule has 0 aliphatic carbocycles. The Balaban J connectivity index is 2.45. The van der Waals surface area contributed by atoms with Crippen molar-refractivity contribution in [2.45, 2.75) is 19.5 Å². The summed E-state index contributed by atoms with van der Waals surface area (Å²) in [4.78, 5) is 10.9. The summed E-state index contributed by atoms with van der Waals surface area (Å²) in [5.41, 5.74) is -0.322. The summed E-state index contributed by atoms with van der Waals surface area (Å²) in [6.07, 6.45) is -4.07. The fourth-order valence-electron chi connectivity index (χ4n) is 1.78.